The van der Waals surface area contributed by atoms with E-state index in [1.54, 1.807) is 6.07 Å². The van der Waals surface area contributed by atoms with E-state index in [9.17, 15) is 4.79 Å². The summed E-state index contributed by atoms with van der Waals surface area (Å²) in [5.74, 6) is 6.06. The molecule has 1 saturated heterocycles. The number of aromatic nitrogens is 1. The minimum atomic E-state index is -0.449. The van der Waals surface area contributed by atoms with Crippen LogP contribution in [0.4, 0.5) is 0 Å². The first kappa shape index (κ1) is 22.8. The summed E-state index contributed by atoms with van der Waals surface area (Å²) in [7, 11) is 1.37. The number of esters is 1. The zero-order chi connectivity index (χ0) is 24.0. The van der Waals surface area contributed by atoms with Crippen molar-refractivity contribution in [2.24, 2.45) is 0 Å². The molecule has 0 spiro atoms. The predicted octanol–water partition coefficient (Wildman–Crippen LogP) is 4.92. The number of nitrogens with zero attached hydrogens (tertiary/aromatic N) is 2. The Balaban J connectivity index is 1.34. The molecular weight excluding hydrogens is 436 g/mol. The summed E-state index contributed by atoms with van der Waals surface area (Å²) in [4.78, 5) is 19.0. The Bertz CT molecular complexity index is 1390. The summed E-state index contributed by atoms with van der Waals surface area (Å²) < 4.78 is 10.3. The molecule has 3 aromatic carbocycles. The summed E-state index contributed by atoms with van der Waals surface area (Å²) in [6.07, 6.45) is 0. The summed E-state index contributed by atoms with van der Waals surface area (Å²) in [6, 6.07) is 26.1. The summed E-state index contributed by atoms with van der Waals surface area (Å²) in [5.41, 5.74) is 6.18. The van der Waals surface area contributed by atoms with E-state index in [-0.39, 0.29) is 0 Å². The maximum Gasteiger partial charge on any atom is 0.356 e. The van der Waals surface area contributed by atoms with Crippen molar-refractivity contribution in [2.75, 3.05) is 33.4 Å². The van der Waals surface area contributed by atoms with Gasteiger partial charge in [0, 0.05) is 36.1 Å². The predicted molar refractivity (Wildman–Crippen MR) is 137 cm³/mol. The van der Waals surface area contributed by atoms with Gasteiger partial charge in [-0.05, 0) is 53.1 Å². The Labute approximate surface area is 205 Å². The van der Waals surface area contributed by atoms with Crippen LogP contribution in [0.2, 0.25) is 0 Å². The zero-order valence-electron chi connectivity index (χ0n) is 19.7. The van der Waals surface area contributed by atoms with Crippen LogP contribution in [0.15, 0.2) is 78.9 Å². The van der Waals surface area contributed by atoms with Gasteiger partial charge in [-0.15, -0.1) is 0 Å². The highest BCUT2D eigenvalue weighted by molar-refractivity contribution is 5.99. The third-order valence-corrected chi connectivity index (χ3v) is 6.12. The fraction of sp³-hybridized carbons (Fsp3) is 0.200. The van der Waals surface area contributed by atoms with Crippen LogP contribution >= 0.6 is 0 Å². The van der Waals surface area contributed by atoms with E-state index in [0.717, 1.165) is 66.0 Å². The first-order chi connectivity index (χ1) is 17.2. The lowest BCUT2D eigenvalue weighted by Gasteiger charge is -2.26. The molecular formula is C30H26N2O3. The lowest BCUT2D eigenvalue weighted by Crippen LogP contribution is -2.35. The van der Waals surface area contributed by atoms with Crippen LogP contribution in [0.1, 0.15) is 27.2 Å². The van der Waals surface area contributed by atoms with Crippen molar-refractivity contribution < 1.29 is 14.3 Å². The second-order valence-corrected chi connectivity index (χ2v) is 8.48. The number of carbonyl (C=O) groups is 1. The Morgan fingerprint density at radius 2 is 1.60 bits per heavy atom. The molecule has 0 N–H and O–H groups in total. The molecule has 5 nitrogen and oxygen atoms in total. The molecule has 35 heavy (non-hydrogen) atoms. The number of carbonyl (C=O) groups excluding carboxylic acids is 1. The van der Waals surface area contributed by atoms with Gasteiger partial charge < -0.3 is 9.47 Å². The van der Waals surface area contributed by atoms with Crippen molar-refractivity contribution in [3.8, 4) is 23.0 Å². The number of para-hydroxylation sites is 1. The maximum absolute atomic E-state index is 12.1. The summed E-state index contributed by atoms with van der Waals surface area (Å²) >= 11 is 0. The lowest BCUT2D eigenvalue weighted by molar-refractivity contribution is 0.0342. The minimum absolute atomic E-state index is 0.294. The van der Waals surface area contributed by atoms with E-state index in [2.05, 4.69) is 46.0 Å². The van der Waals surface area contributed by atoms with Crippen LogP contribution in [0.5, 0.6) is 0 Å². The van der Waals surface area contributed by atoms with Crippen molar-refractivity contribution in [3.63, 3.8) is 0 Å². The van der Waals surface area contributed by atoms with E-state index in [1.807, 2.05) is 48.5 Å². The number of morpholine rings is 1. The fourth-order valence-electron chi connectivity index (χ4n) is 4.21. The Morgan fingerprint density at radius 3 is 2.29 bits per heavy atom. The Morgan fingerprint density at radius 1 is 0.943 bits per heavy atom. The highest BCUT2D eigenvalue weighted by Crippen LogP contribution is 2.29. The lowest BCUT2D eigenvalue weighted by atomic mass is 9.99. The number of rotatable bonds is 4. The molecule has 0 unspecified atom stereocenters. The Kier molecular flexibility index (Phi) is 6.85. The van der Waals surface area contributed by atoms with Gasteiger partial charge in [-0.1, -0.05) is 54.3 Å². The van der Waals surface area contributed by atoms with Crippen molar-refractivity contribution in [2.45, 2.75) is 6.54 Å². The van der Waals surface area contributed by atoms with Crippen LogP contribution < -0.4 is 0 Å². The molecule has 0 aliphatic carbocycles. The number of pyridine rings is 1. The average Bonchev–Trinajstić information content (AvgIpc) is 2.92. The van der Waals surface area contributed by atoms with E-state index >= 15 is 0 Å². The number of methoxy groups -OCH3 is 1. The average molecular weight is 463 g/mol. The van der Waals surface area contributed by atoms with Gasteiger partial charge in [-0.25, -0.2) is 9.78 Å². The van der Waals surface area contributed by atoms with E-state index in [0.29, 0.717) is 5.69 Å². The monoisotopic (exact) mass is 462 g/mol. The van der Waals surface area contributed by atoms with Crippen molar-refractivity contribution in [3.05, 3.63) is 101 Å². The highest BCUT2D eigenvalue weighted by atomic mass is 16.5. The van der Waals surface area contributed by atoms with E-state index < -0.39 is 5.97 Å². The molecule has 0 saturated carbocycles. The van der Waals surface area contributed by atoms with Gasteiger partial charge >= 0.3 is 5.97 Å². The van der Waals surface area contributed by atoms with E-state index in [4.69, 9.17) is 9.47 Å². The number of benzene rings is 3. The van der Waals surface area contributed by atoms with Crippen molar-refractivity contribution in [1.29, 1.82) is 0 Å². The SMILES string of the molecule is COC(=O)c1cc(-c2ccc(C#Cc3ccc(CN4CCOCC4)cc3)cc2)c2ccccc2n1. The molecule has 1 aliphatic heterocycles. The molecule has 4 aromatic rings. The van der Waals surface area contributed by atoms with Crippen LogP contribution in [0.25, 0.3) is 22.0 Å². The third kappa shape index (κ3) is 5.41. The first-order valence-electron chi connectivity index (χ1n) is 11.7. The summed E-state index contributed by atoms with van der Waals surface area (Å²) in [6.45, 7) is 4.53. The number of hydrogen-bond acceptors (Lipinski definition) is 5. The largest absolute Gasteiger partial charge is 0.464 e. The molecule has 1 fully saturated rings. The normalized spacial score (nSPS) is 13.7. The topological polar surface area (TPSA) is 51.7 Å². The molecule has 0 atom stereocenters. The molecule has 0 radical (unpaired) electrons. The minimum Gasteiger partial charge on any atom is -0.464 e. The second-order valence-electron chi connectivity index (χ2n) is 8.48. The van der Waals surface area contributed by atoms with Gasteiger partial charge in [0.25, 0.3) is 0 Å². The van der Waals surface area contributed by atoms with Crippen molar-refractivity contribution >= 4 is 16.9 Å². The first-order valence-corrected chi connectivity index (χ1v) is 11.7. The second kappa shape index (κ2) is 10.5. The van der Waals surface area contributed by atoms with Gasteiger partial charge in [0.05, 0.1) is 25.8 Å². The maximum atomic E-state index is 12.1. The van der Waals surface area contributed by atoms with Crippen LogP contribution in [0.3, 0.4) is 0 Å². The van der Waals surface area contributed by atoms with Gasteiger partial charge in [0.15, 0.2) is 0 Å². The molecule has 5 rings (SSSR count). The summed E-state index contributed by atoms with van der Waals surface area (Å²) in [5, 5.41) is 0.983. The standard InChI is InChI=1S/C30H26N2O3/c1-34-30(33)29-20-27(26-4-2-3-5-28(26)31-29)25-14-12-23(13-15-25)7-6-22-8-10-24(11-9-22)21-32-16-18-35-19-17-32/h2-5,8-15,20H,16-19,21H2,1H3. The molecule has 1 aromatic heterocycles. The van der Waals surface area contributed by atoms with E-state index in [1.165, 1.54) is 12.7 Å². The van der Waals surface area contributed by atoms with Crippen molar-refractivity contribution in [1.82, 2.24) is 9.88 Å². The smallest absolute Gasteiger partial charge is 0.356 e. The van der Waals surface area contributed by atoms with Crippen LogP contribution in [-0.4, -0.2) is 49.3 Å². The number of fused-ring (bicyclic) bond motifs is 1. The molecule has 0 bridgehead atoms. The van der Waals surface area contributed by atoms with Gasteiger partial charge in [-0.2, -0.15) is 0 Å². The quantitative estimate of drug-likeness (QED) is 0.318. The Hall–Kier alpha value is -3.98. The molecule has 5 heteroatoms. The van der Waals surface area contributed by atoms with Gasteiger partial charge in [0.1, 0.15) is 5.69 Å². The van der Waals surface area contributed by atoms with Gasteiger partial charge in [-0.3, -0.25) is 4.90 Å². The zero-order valence-corrected chi connectivity index (χ0v) is 19.7. The van der Waals surface area contributed by atoms with Gasteiger partial charge in [0.2, 0.25) is 0 Å². The fourth-order valence-corrected chi connectivity index (χ4v) is 4.21. The number of hydrogen-bond donors (Lipinski definition) is 0. The third-order valence-electron chi connectivity index (χ3n) is 6.12. The molecule has 174 valence electrons. The van der Waals surface area contributed by atoms with Crippen LogP contribution in [0, 0.1) is 11.8 Å². The molecule has 2 heterocycles. The molecule has 1 aliphatic rings. The number of ether oxygens (including phenoxy) is 2. The highest BCUT2D eigenvalue weighted by Gasteiger charge is 2.13. The van der Waals surface area contributed by atoms with Crippen LogP contribution in [-0.2, 0) is 16.0 Å². The molecule has 0 amide bonds.